The molecule has 26 heavy (non-hydrogen) atoms. The number of phenols is 2. The zero-order valence-electron chi connectivity index (χ0n) is 18.3. The third kappa shape index (κ3) is 7.21. The molecule has 2 nitrogen and oxygen atoms in total. The lowest BCUT2D eigenvalue weighted by Gasteiger charge is -2.23. The Bertz CT molecular complexity index is 547. The van der Waals surface area contributed by atoms with E-state index in [-0.39, 0.29) is 17.4 Å². The molecular weight excluding hydrogens is 320 g/mol. The van der Waals surface area contributed by atoms with Gasteiger partial charge < -0.3 is 10.2 Å². The van der Waals surface area contributed by atoms with Crippen LogP contribution in [0.5, 0.6) is 11.5 Å². The van der Waals surface area contributed by atoms with Gasteiger partial charge >= 0.3 is 0 Å². The lowest BCUT2D eigenvalue weighted by molar-refractivity contribution is 0.371. The van der Waals surface area contributed by atoms with E-state index in [2.05, 4.69) is 61.5 Å². The zero-order valence-corrected chi connectivity index (χ0v) is 18.3. The summed E-state index contributed by atoms with van der Waals surface area (Å²) in [5, 5.41) is 20.7. The molecule has 0 aliphatic carbocycles. The van der Waals surface area contributed by atoms with Gasteiger partial charge in [0.05, 0.1) is 0 Å². The van der Waals surface area contributed by atoms with Crippen LogP contribution < -0.4 is 0 Å². The van der Waals surface area contributed by atoms with Gasteiger partial charge in [-0.1, -0.05) is 61.5 Å². The first kappa shape index (κ1) is 22.9. The first-order chi connectivity index (χ1) is 12.0. The van der Waals surface area contributed by atoms with E-state index in [0.717, 1.165) is 24.0 Å². The molecule has 0 aromatic heterocycles. The van der Waals surface area contributed by atoms with Crippen LogP contribution in [0.3, 0.4) is 0 Å². The predicted molar refractivity (Wildman–Crippen MR) is 113 cm³/mol. The first-order valence-electron chi connectivity index (χ1n) is 10.6. The van der Waals surface area contributed by atoms with E-state index < -0.39 is 0 Å². The molecule has 4 unspecified atom stereocenters. The highest BCUT2D eigenvalue weighted by molar-refractivity contribution is 5.49. The highest BCUT2D eigenvalue weighted by Gasteiger charge is 2.21. The molecule has 150 valence electrons. The number of hydrogen-bond acceptors (Lipinski definition) is 2. The van der Waals surface area contributed by atoms with Crippen molar-refractivity contribution in [3.63, 3.8) is 0 Å². The van der Waals surface area contributed by atoms with Gasteiger partial charge in [-0.2, -0.15) is 0 Å². The van der Waals surface area contributed by atoms with Crippen molar-refractivity contribution in [2.75, 3.05) is 0 Å². The number of benzene rings is 1. The van der Waals surface area contributed by atoms with Crippen LogP contribution in [0, 0.1) is 23.7 Å². The minimum atomic E-state index is 0.0317. The Morgan fingerprint density at radius 1 is 0.654 bits per heavy atom. The van der Waals surface area contributed by atoms with E-state index in [9.17, 15) is 10.2 Å². The fraction of sp³-hybridized carbons (Fsp3) is 0.750. The van der Waals surface area contributed by atoms with Gasteiger partial charge in [-0.15, -0.1) is 0 Å². The Morgan fingerprint density at radius 3 is 1.58 bits per heavy atom. The summed E-state index contributed by atoms with van der Waals surface area (Å²) >= 11 is 0. The third-order valence-electron chi connectivity index (χ3n) is 5.50. The van der Waals surface area contributed by atoms with Crippen LogP contribution in [0.2, 0.25) is 0 Å². The summed E-state index contributed by atoms with van der Waals surface area (Å²) in [6.45, 7) is 18.1. The maximum Gasteiger partial charge on any atom is 0.160 e. The average Bonchev–Trinajstić information content (AvgIpc) is 2.47. The Hall–Kier alpha value is -1.18. The molecule has 4 atom stereocenters. The van der Waals surface area contributed by atoms with Crippen LogP contribution in [0.15, 0.2) is 12.1 Å². The molecule has 2 heteroatoms. The van der Waals surface area contributed by atoms with Crippen molar-refractivity contribution in [2.24, 2.45) is 23.7 Å². The van der Waals surface area contributed by atoms with Crippen molar-refractivity contribution in [2.45, 2.75) is 92.9 Å². The molecule has 0 aliphatic rings. The van der Waals surface area contributed by atoms with Gasteiger partial charge in [0.1, 0.15) is 0 Å². The molecule has 0 spiro atoms. The smallest absolute Gasteiger partial charge is 0.160 e. The van der Waals surface area contributed by atoms with E-state index in [1.807, 2.05) is 0 Å². The highest BCUT2D eigenvalue weighted by atomic mass is 16.3. The van der Waals surface area contributed by atoms with Crippen LogP contribution in [0.1, 0.15) is 104 Å². The van der Waals surface area contributed by atoms with Crippen LogP contribution in [0.25, 0.3) is 0 Å². The summed E-state index contributed by atoms with van der Waals surface area (Å²) in [6.07, 6.45) is 4.57. The largest absolute Gasteiger partial charge is 0.504 e. The number of hydrogen-bond donors (Lipinski definition) is 2. The number of rotatable bonds is 10. The maximum absolute atomic E-state index is 10.4. The molecule has 0 radical (unpaired) electrons. The van der Waals surface area contributed by atoms with E-state index in [0.29, 0.717) is 29.6 Å². The van der Waals surface area contributed by atoms with Crippen molar-refractivity contribution in [3.8, 4) is 11.5 Å². The van der Waals surface area contributed by atoms with Crippen molar-refractivity contribution in [1.29, 1.82) is 0 Å². The van der Waals surface area contributed by atoms with Gasteiger partial charge in [-0.25, -0.2) is 0 Å². The van der Waals surface area contributed by atoms with E-state index in [1.165, 1.54) is 12.8 Å². The molecule has 0 saturated carbocycles. The minimum Gasteiger partial charge on any atom is -0.504 e. The average molecular weight is 363 g/mol. The van der Waals surface area contributed by atoms with Crippen molar-refractivity contribution in [3.05, 3.63) is 23.3 Å². The topological polar surface area (TPSA) is 40.5 Å². The van der Waals surface area contributed by atoms with Crippen LogP contribution in [-0.2, 0) is 0 Å². The molecule has 1 rings (SSSR count). The summed E-state index contributed by atoms with van der Waals surface area (Å²) in [5.74, 6) is 3.40. The molecule has 0 saturated heterocycles. The fourth-order valence-corrected chi connectivity index (χ4v) is 4.60. The zero-order chi connectivity index (χ0) is 20.0. The Morgan fingerprint density at radius 2 is 1.12 bits per heavy atom. The second kappa shape index (κ2) is 10.2. The van der Waals surface area contributed by atoms with Crippen LogP contribution in [-0.4, -0.2) is 10.2 Å². The summed E-state index contributed by atoms with van der Waals surface area (Å²) in [5.41, 5.74) is 2.05. The molecule has 0 heterocycles. The molecule has 0 fully saturated rings. The van der Waals surface area contributed by atoms with Gasteiger partial charge in [0.15, 0.2) is 11.5 Å². The first-order valence-corrected chi connectivity index (χ1v) is 10.6. The quantitative estimate of drug-likeness (QED) is 0.424. The minimum absolute atomic E-state index is 0.0317. The standard InChI is InChI=1S/C24H42O2/c1-15(2)9-17(5)11-19(7)21-13-22(24(26)23(25)14-21)20(8)12-18(6)10-16(3)4/h13-20,25-26H,9-12H2,1-8H3. The Kier molecular flexibility index (Phi) is 9.00. The van der Waals surface area contributed by atoms with E-state index in [1.54, 1.807) is 6.07 Å². The van der Waals surface area contributed by atoms with Crippen LogP contribution >= 0.6 is 0 Å². The Balaban J connectivity index is 2.94. The van der Waals surface area contributed by atoms with Gasteiger partial charge in [0, 0.05) is 5.56 Å². The van der Waals surface area contributed by atoms with Gasteiger partial charge in [0.25, 0.3) is 0 Å². The number of phenolic OH excluding ortho intramolecular Hbond substituents is 2. The summed E-state index contributed by atoms with van der Waals surface area (Å²) in [6, 6.07) is 3.89. The normalized spacial score (nSPS) is 16.7. The lowest BCUT2D eigenvalue weighted by atomic mass is 9.83. The second-order valence-electron chi connectivity index (χ2n) is 9.72. The summed E-state index contributed by atoms with van der Waals surface area (Å²) < 4.78 is 0. The van der Waals surface area contributed by atoms with Crippen LogP contribution in [0.4, 0.5) is 0 Å². The fourth-order valence-electron chi connectivity index (χ4n) is 4.60. The molecule has 1 aromatic carbocycles. The molecule has 0 aliphatic heterocycles. The van der Waals surface area contributed by atoms with E-state index in [4.69, 9.17) is 0 Å². The third-order valence-corrected chi connectivity index (χ3v) is 5.50. The monoisotopic (exact) mass is 362 g/mol. The predicted octanol–water partition coefficient (Wildman–Crippen LogP) is 7.45. The Labute approximate surface area is 162 Å². The van der Waals surface area contributed by atoms with Crippen molar-refractivity contribution < 1.29 is 10.2 Å². The number of aromatic hydroxyl groups is 2. The summed E-state index contributed by atoms with van der Waals surface area (Å²) in [4.78, 5) is 0. The van der Waals surface area contributed by atoms with E-state index >= 15 is 0 Å². The van der Waals surface area contributed by atoms with Gasteiger partial charge in [0.2, 0.25) is 0 Å². The van der Waals surface area contributed by atoms with Gasteiger partial charge in [-0.3, -0.25) is 0 Å². The van der Waals surface area contributed by atoms with Crippen molar-refractivity contribution in [1.82, 2.24) is 0 Å². The van der Waals surface area contributed by atoms with Crippen molar-refractivity contribution >= 4 is 0 Å². The highest BCUT2D eigenvalue weighted by Crippen LogP contribution is 2.41. The molecular formula is C24H42O2. The maximum atomic E-state index is 10.4. The van der Waals surface area contributed by atoms with Gasteiger partial charge in [-0.05, 0) is 72.8 Å². The molecule has 2 N–H and O–H groups in total. The molecule has 0 bridgehead atoms. The lowest BCUT2D eigenvalue weighted by Crippen LogP contribution is -2.08. The second-order valence-corrected chi connectivity index (χ2v) is 9.72. The SMILES string of the molecule is CC(C)CC(C)CC(C)c1cc(O)c(O)c(C(C)CC(C)CC(C)C)c1. The summed E-state index contributed by atoms with van der Waals surface area (Å²) in [7, 11) is 0. The molecule has 0 amide bonds. The molecule has 1 aromatic rings.